The third-order valence-corrected chi connectivity index (χ3v) is 15.0. The van der Waals surface area contributed by atoms with Gasteiger partial charge in [0.25, 0.3) is 8.32 Å². The van der Waals surface area contributed by atoms with Gasteiger partial charge in [0.2, 0.25) is 8.32 Å². The van der Waals surface area contributed by atoms with Crippen molar-refractivity contribution in [1.82, 2.24) is 0 Å². The molecule has 1 N–H and O–H groups in total. The van der Waals surface area contributed by atoms with E-state index in [2.05, 4.69) is 86.8 Å². The lowest BCUT2D eigenvalue weighted by Gasteiger charge is -2.38. The first-order valence-electron chi connectivity index (χ1n) is 10.6. The molecular formula is C24H44O3Si2. The Kier molecular flexibility index (Phi) is 7.38. The number of aryl methyl sites for hydroxylation is 1. The van der Waals surface area contributed by atoms with Crippen LogP contribution >= 0.6 is 0 Å². The molecule has 0 aliphatic heterocycles. The molecule has 0 aromatic heterocycles. The monoisotopic (exact) mass is 436 g/mol. The minimum atomic E-state index is -2.00. The van der Waals surface area contributed by atoms with E-state index in [1.54, 1.807) is 13.8 Å². The summed E-state index contributed by atoms with van der Waals surface area (Å²) in [7, 11) is -3.96. The molecule has 0 bridgehead atoms. The molecule has 1 rings (SSSR count). The van der Waals surface area contributed by atoms with Gasteiger partial charge in [-0.15, -0.1) is 0 Å². The predicted octanol–water partition coefficient (Wildman–Crippen LogP) is 7.55. The molecule has 0 heterocycles. The molecule has 0 fully saturated rings. The van der Waals surface area contributed by atoms with E-state index in [-0.39, 0.29) is 10.1 Å². The molecule has 0 aliphatic carbocycles. The van der Waals surface area contributed by atoms with Crippen molar-refractivity contribution >= 4 is 22.7 Å². The average molecular weight is 437 g/mol. The smallest absolute Gasteiger partial charge is 0.250 e. The third kappa shape index (κ3) is 7.00. The molecule has 0 unspecified atom stereocenters. The SMILES string of the molecule is Cc1cc(O[Si](C)(C)C(C)(C)C)c(/C=C/C(C)(C)O)cc1O[Si](C)(C)C(C)(C)C. The summed E-state index contributed by atoms with van der Waals surface area (Å²) in [6.07, 6.45) is 3.77. The highest BCUT2D eigenvalue weighted by atomic mass is 28.4. The van der Waals surface area contributed by atoms with Crippen LogP contribution in [0.5, 0.6) is 11.5 Å². The highest BCUT2D eigenvalue weighted by molar-refractivity contribution is 6.75. The van der Waals surface area contributed by atoms with Gasteiger partial charge in [-0.25, -0.2) is 0 Å². The van der Waals surface area contributed by atoms with Crippen LogP contribution in [0.1, 0.15) is 66.5 Å². The normalized spacial score (nSPS) is 14.4. The molecule has 29 heavy (non-hydrogen) atoms. The molecule has 3 nitrogen and oxygen atoms in total. The maximum absolute atomic E-state index is 10.2. The highest BCUT2D eigenvalue weighted by Gasteiger charge is 2.41. The molecule has 0 radical (unpaired) electrons. The van der Waals surface area contributed by atoms with Crippen LogP contribution in [0, 0.1) is 6.92 Å². The lowest BCUT2D eigenvalue weighted by atomic mass is 10.1. The topological polar surface area (TPSA) is 38.7 Å². The van der Waals surface area contributed by atoms with Crippen molar-refractivity contribution < 1.29 is 14.0 Å². The fourth-order valence-corrected chi connectivity index (χ4v) is 4.26. The zero-order valence-corrected chi connectivity index (χ0v) is 23.1. The Morgan fingerprint density at radius 1 is 0.759 bits per heavy atom. The zero-order valence-electron chi connectivity index (χ0n) is 21.1. The Morgan fingerprint density at radius 3 is 1.55 bits per heavy atom. The van der Waals surface area contributed by atoms with Gasteiger partial charge in [0.05, 0.1) is 5.60 Å². The van der Waals surface area contributed by atoms with Gasteiger partial charge >= 0.3 is 0 Å². The van der Waals surface area contributed by atoms with Gasteiger partial charge in [0, 0.05) is 5.56 Å². The summed E-state index contributed by atoms with van der Waals surface area (Å²) in [5.74, 6) is 1.78. The van der Waals surface area contributed by atoms with Crippen LogP contribution in [-0.2, 0) is 0 Å². The summed E-state index contributed by atoms with van der Waals surface area (Å²) in [4.78, 5) is 0. The number of benzene rings is 1. The molecule has 0 saturated carbocycles. The summed E-state index contributed by atoms with van der Waals surface area (Å²) in [6, 6.07) is 4.19. The molecule has 0 amide bonds. The van der Waals surface area contributed by atoms with Crippen LogP contribution in [0.15, 0.2) is 18.2 Å². The second-order valence-electron chi connectivity index (χ2n) is 11.9. The van der Waals surface area contributed by atoms with E-state index in [1.807, 2.05) is 12.2 Å². The van der Waals surface area contributed by atoms with Crippen molar-refractivity contribution in [2.24, 2.45) is 0 Å². The Bertz CT molecular complexity index is 743. The van der Waals surface area contributed by atoms with Gasteiger partial charge in [-0.05, 0) is 74.7 Å². The molecule has 0 aliphatic rings. The first-order chi connectivity index (χ1) is 12.7. The molecular weight excluding hydrogens is 392 g/mol. The number of aliphatic hydroxyl groups is 1. The highest BCUT2D eigenvalue weighted by Crippen LogP contribution is 2.42. The van der Waals surface area contributed by atoms with Crippen molar-refractivity contribution in [3.8, 4) is 11.5 Å². The number of hydrogen-bond acceptors (Lipinski definition) is 3. The molecule has 166 valence electrons. The Balaban J connectivity index is 3.51. The van der Waals surface area contributed by atoms with Gasteiger partial charge in [-0.3, -0.25) is 0 Å². The first-order valence-corrected chi connectivity index (χ1v) is 16.4. The third-order valence-electron chi connectivity index (χ3n) is 6.32. The van der Waals surface area contributed by atoms with Crippen molar-refractivity contribution in [1.29, 1.82) is 0 Å². The van der Waals surface area contributed by atoms with Crippen LogP contribution in [-0.4, -0.2) is 27.3 Å². The standard InChI is InChI=1S/C24H44O3Si2/c1-18-16-21(27-29(12,13)23(5,6)7)19(14-15-24(8,9)25)17-20(18)26-28(10,11)22(2,3)4/h14-17,25H,1-13H3/b15-14+. The minimum Gasteiger partial charge on any atom is -0.543 e. The Labute approximate surface area is 181 Å². The van der Waals surface area contributed by atoms with Crippen LogP contribution in [0.25, 0.3) is 6.08 Å². The minimum absolute atomic E-state index is 0.106. The van der Waals surface area contributed by atoms with E-state index < -0.39 is 22.2 Å². The Morgan fingerprint density at radius 2 is 1.17 bits per heavy atom. The predicted molar refractivity (Wildman–Crippen MR) is 132 cm³/mol. The van der Waals surface area contributed by atoms with Crippen LogP contribution in [0.3, 0.4) is 0 Å². The van der Waals surface area contributed by atoms with Crippen LogP contribution in [0.2, 0.25) is 36.3 Å². The van der Waals surface area contributed by atoms with Crippen molar-refractivity contribution in [3.05, 3.63) is 29.3 Å². The lowest BCUT2D eigenvalue weighted by molar-refractivity contribution is 0.134. The largest absolute Gasteiger partial charge is 0.543 e. The van der Waals surface area contributed by atoms with Crippen molar-refractivity contribution in [2.75, 3.05) is 0 Å². The zero-order chi connectivity index (χ0) is 23.1. The second kappa shape index (κ2) is 8.24. The molecule has 1 aromatic rings. The molecule has 0 spiro atoms. The molecule has 5 heteroatoms. The second-order valence-corrected chi connectivity index (χ2v) is 21.3. The summed E-state index contributed by atoms with van der Waals surface area (Å²) in [5, 5.41) is 10.4. The van der Waals surface area contributed by atoms with Gasteiger partial charge < -0.3 is 14.0 Å². The van der Waals surface area contributed by atoms with E-state index in [0.29, 0.717) is 0 Å². The number of rotatable bonds is 6. The molecule has 0 atom stereocenters. The average Bonchev–Trinajstić information content (AvgIpc) is 2.44. The van der Waals surface area contributed by atoms with Gasteiger partial charge in [0.15, 0.2) is 0 Å². The first kappa shape index (κ1) is 26.0. The maximum Gasteiger partial charge on any atom is 0.250 e. The van der Waals surface area contributed by atoms with E-state index >= 15 is 0 Å². The van der Waals surface area contributed by atoms with E-state index in [0.717, 1.165) is 22.6 Å². The lowest BCUT2D eigenvalue weighted by Crippen LogP contribution is -2.44. The van der Waals surface area contributed by atoms with E-state index in [9.17, 15) is 5.11 Å². The summed E-state index contributed by atoms with van der Waals surface area (Å²) >= 11 is 0. The quantitative estimate of drug-likeness (QED) is 0.468. The number of hydrogen-bond donors (Lipinski definition) is 1. The van der Waals surface area contributed by atoms with Gasteiger partial charge in [-0.1, -0.05) is 53.7 Å². The fourth-order valence-electron chi connectivity index (χ4n) is 2.16. The molecule has 0 saturated heterocycles. The summed E-state index contributed by atoms with van der Waals surface area (Å²) in [5.41, 5.74) is 1.15. The van der Waals surface area contributed by atoms with Crippen molar-refractivity contribution in [2.45, 2.75) is 104 Å². The van der Waals surface area contributed by atoms with Gasteiger partial charge in [-0.2, -0.15) is 0 Å². The van der Waals surface area contributed by atoms with Crippen molar-refractivity contribution in [3.63, 3.8) is 0 Å². The Hall–Kier alpha value is -1.05. The summed E-state index contributed by atoms with van der Waals surface area (Å²) in [6.45, 7) is 28.2. The van der Waals surface area contributed by atoms with Crippen LogP contribution in [0.4, 0.5) is 0 Å². The van der Waals surface area contributed by atoms with Crippen LogP contribution < -0.4 is 8.85 Å². The van der Waals surface area contributed by atoms with E-state index in [1.165, 1.54) is 0 Å². The maximum atomic E-state index is 10.2. The van der Waals surface area contributed by atoms with Gasteiger partial charge in [0.1, 0.15) is 11.5 Å². The molecule has 1 aromatic carbocycles. The summed E-state index contributed by atoms with van der Waals surface area (Å²) < 4.78 is 13.3. The fraction of sp³-hybridized carbons (Fsp3) is 0.667. The van der Waals surface area contributed by atoms with E-state index in [4.69, 9.17) is 8.85 Å².